The lowest BCUT2D eigenvalue weighted by molar-refractivity contribution is -0.118. The van der Waals surface area contributed by atoms with Gasteiger partial charge in [0.2, 0.25) is 0 Å². The van der Waals surface area contributed by atoms with Gasteiger partial charge in [-0.3, -0.25) is 9.59 Å². The third kappa shape index (κ3) is 5.58. The third-order valence-electron chi connectivity index (χ3n) is 5.34. The van der Waals surface area contributed by atoms with E-state index in [1.807, 2.05) is 54.9 Å². The molecule has 7 nitrogen and oxygen atoms in total. The van der Waals surface area contributed by atoms with Gasteiger partial charge in [-0.1, -0.05) is 18.2 Å². The minimum Gasteiger partial charge on any atom is -0.484 e. The molecule has 3 aromatic carbocycles. The molecule has 2 N–H and O–H groups in total. The van der Waals surface area contributed by atoms with Gasteiger partial charge in [0.05, 0.1) is 11.0 Å². The zero-order chi connectivity index (χ0) is 24.1. The smallest absolute Gasteiger partial charge is 0.262 e. The molecule has 4 rings (SSSR count). The summed E-state index contributed by atoms with van der Waals surface area (Å²) in [6.45, 7) is 2.22. The molecule has 0 saturated heterocycles. The summed E-state index contributed by atoms with van der Waals surface area (Å²) in [6.07, 6.45) is 0.498. The van der Waals surface area contributed by atoms with Crippen LogP contribution in [0, 0.1) is 12.7 Å². The van der Waals surface area contributed by atoms with Crippen LogP contribution in [0.1, 0.15) is 21.7 Å². The van der Waals surface area contributed by atoms with Crippen LogP contribution in [0.5, 0.6) is 5.75 Å². The van der Waals surface area contributed by atoms with Gasteiger partial charge in [0.1, 0.15) is 17.4 Å². The number of nitrogens with zero attached hydrogens (tertiary/aromatic N) is 2. The summed E-state index contributed by atoms with van der Waals surface area (Å²) >= 11 is 0. The number of anilines is 1. The van der Waals surface area contributed by atoms with Crippen LogP contribution in [0.15, 0.2) is 66.7 Å². The molecule has 0 radical (unpaired) electrons. The minimum atomic E-state index is -0.451. The van der Waals surface area contributed by atoms with Gasteiger partial charge in [0.25, 0.3) is 11.8 Å². The van der Waals surface area contributed by atoms with Crippen LogP contribution in [-0.2, 0) is 18.3 Å². The van der Waals surface area contributed by atoms with Gasteiger partial charge in [0, 0.05) is 31.3 Å². The number of ether oxygens (including phenoxy) is 1. The summed E-state index contributed by atoms with van der Waals surface area (Å²) in [5.74, 6) is 0.367. The maximum absolute atomic E-state index is 13.3. The monoisotopic (exact) mass is 460 g/mol. The lowest BCUT2D eigenvalue weighted by Gasteiger charge is -2.08. The first-order valence-electron chi connectivity index (χ1n) is 10.9. The minimum absolute atomic E-state index is 0.0973. The largest absolute Gasteiger partial charge is 0.484 e. The second-order valence-corrected chi connectivity index (χ2v) is 7.96. The maximum Gasteiger partial charge on any atom is 0.262 e. The van der Waals surface area contributed by atoms with Crippen LogP contribution >= 0.6 is 0 Å². The summed E-state index contributed by atoms with van der Waals surface area (Å²) in [6, 6.07) is 18.6. The number of hydrogen-bond acceptors (Lipinski definition) is 4. The Bertz CT molecular complexity index is 1350. The van der Waals surface area contributed by atoms with Crippen LogP contribution in [0.2, 0.25) is 0 Å². The highest BCUT2D eigenvalue weighted by Crippen LogP contribution is 2.20. The van der Waals surface area contributed by atoms with Crippen LogP contribution in [-0.4, -0.2) is 34.5 Å². The average Bonchev–Trinajstić information content (AvgIpc) is 3.12. The fourth-order valence-electron chi connectivity index (χ4n) is 3.62. The molecule has 0 bridgehead atoms. The number of aromatic nitrogens is 2. The van der Waals surface area contributed by atoms with E-state index in [9.17, 15) is 14.0 Å². The molecular weight excluding hydrogens is 435 g/mol. The first-order chi connectivity index (χ1) is 16.4. The average molecular weight is 461 g/mol. The molecule has 0 fully saturated rings. The number of aryl methyl sites for hydroxylation is 2. The van der Waals surface area contributed by atoms with Crippen LogP contribution < -0.4 is 15.4 Å². The van der Waals surface area contributed by atoms with E-state index in [-0.39, 0.29) is 24.0 Å². The van der Waals surface area contributed by atoms with Crippen LogP contribution in [0.4, 0.5) is 10.1 Å². The van der Waals surface area contributed by atoms with Gasteiger partial charge in [-0.25, -0.2) is 9.37 Å². The SMILES string of the molecule is Cc1cccc(OCC(=O)Nc2ccc3c(c2)nc(CCNC(=O)c2cccc(F)c2)n3C)c1. The summed E-state index contributed by atoms with van der Waals surface area (Å²) < 4.78 is 20.8. The van der Waals surface area contributed by atoms with E-state index in [1.165, 1.54) is 18.2 Å². The van der Waals surface area contributed by atoms with Crippen molar-refractivity contribution in [2.75, 3.05) is 18.5 Å². The van der Waals surface area contributed by atoms with Crippen molar-refractivity contribution >= 4 is 28.5 Å². The van der Waals surface area contributed by atoms with E-state index in [4.69, 9.17) is 4.74 Å². The fourth-order valence-corrected chi connectivity index (χ4v) is 3.62. The third-order valence-corrected chi connectivity index (χ3v) is 5.34. The lowest BCUT2D eigenvalue weighted by atomic mass is 10.2. The first-order valence-corrected chi connectivity index (χ1v) is 10.9. The zero-order valence-corrected chi connectivity index (χ0v) is 19.0. The van der Waals surface area contributed by atoms with Crippen molar-refractivity contribution in [3.05, 3.63) is 89.5 Å². The van der Waals surface area contributed by atoms with Crippen molar-refractivity contribution in [1.82, 2.24) is 14.9 Å². The number of carbonyl (C=O) groups is 2. The first kappa shape index (κ1) is 23.0. The second kappa shape index (κ2) is 10.2. The zero-order valence-electron chi connectivity index (χ0n) is 19.0. The molecule has 0 aliphatic carbocycles. The molecule has 0 saturated carbocycles. The maximum atomic E-state index is 13.3. The van der Waals surface area contributed by atoms with Gasteiger partial charge in [-0.05, 0) is 61.0 Å². The molecule has 0 aliphatic heterocycles. The van der Waals surface area contributed by atoms with E-state index < -0.39 is 5.82 Å². The van der Waals surface area contributed by atoms with Crippen molar-refractivity contribution in [2.24, 2.45) is 7.05 Å². The van der Waals surface area contributed by atoms with Crippen molar-refractivity contribution in [3.63, 3.8) is 0 Å². The lowest BCUT2D eigenvalue weighted by Crippen LogP contribution is -2.26. The molecule has 0 spiro atoms. The molecule has 0 unspecified atom stereocenters. The van der Waals surface area contributed by atoms with E-state index in [0.29, 0.717) is 24.4 Å². The Balaban J connectivity index is 1.35. The number of rotatable bonds is 8. The van der Waals surface area contributed by atoms with Gasteiger partial charge in [-0.2, -0.15) is 0 Å². The quantitative estimate of drug-likeness (QED) is 0.416. The summed E-state index contributed by atoms with van der Waals surface area (Å²) in [7, 11) is 1.90. The topological polar surface area (TPSA) is 85.2 Å². The van der Waals surface area contributed by atoms with Crippen molar-refractivity contribution < 1.29 is 18.7 Å². The summed E-state index contributed by atoms with van der Waals surface area (Å²) in [5, 5.41) is 5.61. The van der Waals surface area contributed by atoms with Gasteiger partial charge >= 0.3 is 0 Å². The number of carbonyl (C=O) groups excluding carboxylic acids is 2. The Kier molecular flexibility index (Phi) is 6.87. The van der Waals surface area contributed by atoms with Gasteiger partial charge in [-0.15, -0.1) is 0 Å². The van der Waals surface area contributed by atoms with Crippen molar-refractivity contribution in [1.29, 1.82) is 0 Å². The molecule has 174 valence electrons. The molecule has 1 aromatic heterocycles. The number of amides is 2. The number of nitrogens with one attached hydrogen (secondary N) is 2. The van der Waals surface area contributed by atoms with Crippen LogP contribution in [0.25, 0.3) is 11.0 Å². The highest BCUT2D eigenvalue weighted by atomic mass is 19.1. The molecule has 0 aliphatic rings. The Hall–Kier alpha value is -4.20. The van der Waals surface area contributed by atoms with E-state index in [2.05, 4.69) is 15.6 Å². The summed E-state index contributed by atoms with van der Waals surface area (Å²) in [4.78, 5) is 29.1. The normalized spacial score (nSPS) is 10.8. The Morgan fingerprint density at radius 2 is 1.88 bits per heavy atom. The number of hydrogen-bond donors (Lipinski definition) is 2. The summed E-state index contributed by atoms with van der Waals surface area (Å²) in [5.41, 5.74) is 3.58. The van der Waals surface area contributed by atoms with Gasteiger partial charge in [0.15, 0.2) is 6.61 Å². The van der Waals surface area contributed by atoms with Crippen molar-refractivity contribution in [2.45, 2.75) is 13.3 Å². The molecule has 1 heterocycles. The number of fused-ring (bicyclic) bond motifs is 1. The predicted molar refractivity (Wildman–Crippen MR) is 128 cm³/mol. The standard InChI is InChI=1S/C26H25FN4O3/c1-17-5-3-8-21(13-17)34-16-25(32)29-20-9-10-23-22(15-20)30-24(31(23)2)11-12-28-26(33)18-6-4-7-19(27)14-18/h3-10,13-15H,11-12,16H2,1-2H3,(H,28,33)(H,29,32). The number of imidazole rings is 1. The molecule has 2 amide bonds. The van der Waals surface area contributed by atoms with Gasteiger partial charge < -0.3 is 19.9 Å². The van der Waals surface area contributed by atoms with E-state index in [1.54, 1.807) is 12.1 Å². The Labute approximate surface area is 196 Å². The van der Waals surface area contributed by atoms with E-state index in [0.717, 1.165) is 22.4 Å². The Morgan fingerprint density at radius 1 is 1.06 bits per heavy atom. The number of halogens is 1. The number of benzene rings is 3. The highest BCUT2D eigenvalue weighted by Gasteiger charge is 2.11. The second-order valence-electron chi connectivity index (χ2n) is 7.96. The molecule has 34 heavy (non-hydrogen) atoms. The van der Waals surface area contributed by atoms with Crippen LogP contribution in [0.3, 0.4) is 0 Å². The van der Waals surface area contributed by atoms with E-state index >= 15 is 0 Å². The van der Waals surface area contributed by atoms with Crippen molar-refractivity contribution in [3.8, 4) is 5.75 Å². The Morgan fingerprint density at radius 3 is 2.68 bits per heavy atom. The highest BCUT2D eigenvalue weighted by molar-refractivity contribution is 5.94. The molecule has 0 atom stereocenters. The molecule has 4 aromatic rings. The molecule has 8 heteroatoms. The predicted octanol–water partition coefficient (Wildman–Crippen LogP) is 4.01. The molecular formula is C26H25FN4O3. The fraction of sp³-hybridized carbons (Fsp3) is 0.192.